The third-order valence-corrected chi connectivity index (χ3v) is 27.3. The zero-order valence-electron chi connectivity index (χ0n) is 29.9. The van der Waals surface area contributed by atoms with Crippen LogP contribution in [-0.4, -0.2) is 56.0 Å². The molecule has 0 spiro atoms. The maximum atomic E-state index is 13.3. The van der Waals surface area contributed by atoms with E-state index in [1.54, 1.807) is 12.3 Å². The third kappa shape index (κ3) is 17.6. The summed E-state index contributed by atoms with van der Waals surface area (Å²) in [5.74, 6) is -0.372. The van der Waals surface area contributed by atoms with E-state index in [1.807, 2.05) is 45.9 Å². The van der Waals surface area contributed by atoms with E-state index in [1.165, 1.54) is 51.8 Å². The molecule has 0 aliphatic rings. The maximum absolute atomic E-state index is 13.3. The van der Waals surface area contributed by atoms with E-state index in [9.17, 15) is 9.59 Å². The van der Waals surface area contributed by atoms with Crippen LogP contribution in [0, 0.1) is 5.41 Å². The van der Waals surface area contributed by atoms with Gasteiger partial charge in [-0.15, -0.1) is 11.6 Å². The third-order valence-electron chi connectivity index (χ3n) is 8.64. The van der Waals surface area contributed by atoms with Gasteiger partial charge in [-0.05, 0) is 25.1 Å². The van der Waals surface area contributed by atoms with Gasteiger partial charge in [0.25, 0.3) is 0 Å². The second-order valence-corrected chi connectivity index (χ2v) is 33.4. The van der Waals surface area contributed by atoms with Gasteiger partial charge >= 0.3 is 201 Å². The molecule has 8 heteroatoms. The van der Waals surface area contributed by atoms with Crippen molar-refractivity contribution in [2.24, 2.45) is 5.41 Å². The van der Waals surface area contributed by atoms with Crippen molar-refractivity contribution >= 4 is 50.1 Å². The number of halogens is 1. The number of allylic oxidation sites excluding steroid dienone is 1. The van der Waals surface area contributed by atoms with Gasteiger partial charge in [-0.25, -0.2) is 0 Å². The van der Waals surface area contributed by atoms with Crippen molar-refractivity contribution in [3.05, 3.63) is 34.6 Å². The molecule has 0 aliphatic heterocycles. The van der Waals surface area contributed by atoms with Gasteiger partial charge in [0.15, 0.2) is 8.32 Å². The number of hydrogen-bond acceptors (Lipinski definition) is 3. The van der Waals surface area contributed by atoms with Crippen LogP contribution in [0.25, 0.3) is 0 Å². The van der Waals surface area contributed by atoms with Crippen molar-refractivity contribution in [3.63, 3.8) is 0 Å². The first kappa shape index (κ1) is 42.4. The summed E-state index contributed by atoms with van der Waals surface area (Å²) in [4.78, 5) is 26.6. The summed E-state index contributed by atoms with van der Waals surface area (Å²) in [5.41, 5.74) is -0.443. The van der Waals surface area contributed by atoms with Gasteiger partial charge < -0.3 is 0 Å². The molecule has 0 heterocycles. The molecule has 0 saturated carbocycles. The van der Waals surface area contributed by atoms with Gasteiger partial charge in [0.05, 0.1) is 0 Å². The van der Waals surface area contributed by atoms with Crippen molar-refractivity contribution < 1.29 is 14.0 Å². The monoisotopic (exact) mass is 746 g/mol. The topological polar surface area (TPSA) is 67.4 Å². The second kappa shape index (κ2) is 20.5. The molecular weight excluding hydrogens is 679 g/mol. The van der Waals surface area contributed by atoms with Crippen LogP contribution in [0.2, 0.25) is 31.4 Å². The van der Waals surface area contributed by atoms with Crippen LogP contribution in [0.3, 0.4) is 0 Å². The molecule has 2 N–H and O–H groups in total. The van der Waals surface area contributed by atoms with E-state index in [2.05, 4.69) is 69.4 Å². The summed E-state index contributed by atoms with van der Waals surface area (Å²) in [6.07, 6.45) is 17.2. The molecule has 0 aromatic heterocycles. The molecule has 0 rings (SSSR count). The number of carbonyl (C=O) groups is 2. The molecule has 0 aromatic rings. The molecule has 0 aromatic carbocycles. The number of nitrogens with one attached hydrogen (secondary N) is 2. The standard InChI is InChI=1S/C23H40ClN2O3Si.3C4H9.Sn/c1-11-19(27)26-20(22(3,4)5)21(28)25-16-12-13-18(15-14-17(2)24)29-30(9,10)23(6,7)8;3*1-3-4-2;/h1,11-12,14-18,20H,13H2,2-10H3,(H,25,28)(H,26,27);3*1,3-4H2,2H3;/b11-1?,15-14+,16-12+;;;;. The van der Waals surface area contributed by atoms with Gasteiger partial charge in [-0.1, -0.05) is 26.8 Å². The number of alkyl halides is 1. The van der Waals surface area contributed by atoms with E-state index in [-0.39, 0.29) is 28.3 Å². The van der Waals surface area contributed by atoms with Gasteiger partial charge in [0.2, 0.25) is 0 Å². The molecule has 250 valence electrons. The molecule has 0 fully saturated rings. The Balaban J connectivity index is 5.66. The van der Waals surface area contributed by atoms with E-state index < -0.39 is 38.2 Å². The van der Waals surface area contributed by atoms with Crippen molar-refractivity contribution in [2.75, 3.05) is 0 Å². The molecule has 0 aliphatic carbocycles. The molecule has 3 unspecified atom stereocenters. The first-order valence-electron chi connectivity index (χ1n) is 16.8. The number of amides is 2. The number of hydrogen-bond donors (Lipinski definition) is 2. The summed E-state index contributed by atoms with van der Waals surface area (Å²) in [6.45, 7) is 25.8. The quantitative estimate of drug-likeness (QED) is 0.0565. The molecule has 5 nitrogen and oxygen atoms in total. The van der Waals surface area contributed by atoms with E-state index in [0.29, 0.717) is 6.42 Å². The number of carbonyl (C=O) groups excluding carboxylic acids is 2. The Morgan fingerprint density at radius 1 is 0.907 bits per heavy atom. The van der Waals surface area contributed by atoms with Crippen molar-refractivity contribution in [2.45, 2.75) is 163 Å². The Morgan fingerprint density at radius 2 is 1.42 bits per heavy atom. The fraction of sp³-hybridized carbons (Fsp3) is 0.771. The van der Waals surface area contributed by atoms with Gasteiger partial charge in [-0.3, -0.25) is 0 Å². The minimum absolute atomic E-state index is 0.0847. The zero-order valence-corrected chi connectivity index (χ0v) is 34.5. The zero-order chi connectivity index (χ0) is 33.3. The van der Waals surface area contributed by atoms with Crippen LogP contribution in [0.15, 0.2) is 34.6 Å². The fourth-order valence-corrected chi connectivity index (χ4v) is 20.2. The molecule has 3 atom stereocenters. The van der Waals surface area contributed by atoms with Crippen molar-refractivity contribution in [1.29, 1.82) is 0 Å². The Labute approximate surface area is 276 Å². The number of rotatable bonds is 20. The van der Waals surface area contributed by atoms with E-state index >= 15 is 0 Å². The van der Waals surface area contributed by atoms with Crippen LogP contribution < -0.4 is 10.6 Å². The molecule has 43 heavy (non-hydrogen) atoms. The van der Waals surface area contributed by atoms with Gasteiger partial charge in [0.1, 0.15) is 0 Å². The minimum atomic E-state index is -2.59. The first-order valence-corrected chi connectivity index (χ1v) is 27.8. The predicted octanol–water partition coefficient (Wildman–Crippen LogP) is 10.1. The van der Waals surface area contributed by atoms with Crippen molar-refractivity contribution in [3.8, 4) is 0 Å². The predicted molar refractivity (Wildman–Crippen MR) is 194 cm³/mol. The molecule has 0 radical (unpaired) electrons. The van der Waals surface area contributed by atoms with Crippen LogP contribution in [0.5, 0.6) is 0 Å². The van der Waals surface area contributed by atoms with Crippen LogP contribution in [0.4, 0.5) is 0 Å². The first-order chi connectivity index (χ1) is 19.8. The van der Waals surface area contributed by atoms with Crippen LogP contribution in [-0.2, 0) is 14.0 Å². The summed E-state index contributed by atoms with van der Waals surface area (Å²) < 4.78 is 12.9. The average molecular weight is 746 g/mol. The van der Waals surface area contributed by atoms with Crippen LogP contribution >= 0.6 is 11.6 Å². The Morgan fingerprint density at radius 3 is 1.84 bits per heavy atom. The van der Waals surface area contributed by atoms with Crippen LogP contribution in [0.1, 0.15) is 114 Å². The van der Waals surface area contributed by atoms with Gasteiger partial charge in [0, 0.05) is 5.38 Å². The van der Waals surface area contributed by atoms with E-state index in [4.69, 9.17) is 16.0 Å². The number of unbranched alkanes of at least 4 members (excludes halogenated alkanes) is 3. The molecule has 2 amide bonds. The second-order valence-electron chi connectivity index (χ2n) is 14.9. The summed E-state index contributed by atoms with van der Waals surface area (Å²) in [5, 5.41) is 5.97. The summed E-state index contributed by atoms with van der Waals surface area (Å²) >= 11 is 3.58. The Hall–Kier alpha value is -0.574. The Kier molecular flexibility index (Phi) is 20.3. The average Bonchev–Trinajstić information content (AvgIpc) is 2.90. The molecule has 0 bridgehead atoms. The molecular formula is C35H67ClN2O3SiSn. The summed E-state index contributed by atoms with van der Waals surface area (Å²) in [6, 6.07) is -0.655. The molecule has 0 saturated heterocycles. The van der Waals surface area contributed by atoms with Crippen molar-refractivity contribution in [1.82, 2.24) is 10.6 Å². The summed E-state index contributed by atoms with van der Waals surface area (Å²) in [7, 11) is -1.99. The van der Waals surface area contributed by atoms with Gasteiger partial charge in [-0.2, -0.15) is 0 Å². The SMILES string of the molecule is CCC[CH2][Sn](/[CH]=C/C(=O)NC(C(=O)N/C=C/CC(/C=C/C(C)Cl)O[Si](C)(C)C(C)(C)C)C(C)(C)C)([CH2]CCC)[CH2]CCC. The van der Waals surface area contributed by atoms with E-state index in [0.717, 1.165) is 0 Å². The Bertz CT molecular complexity index is 882. The fourth-order valence-electron chi connectivity index (χ4n) is 4.75. The normalized spacial score (nSPS) is 15.7.